The minimum absolute atomic E-state index is 0.143. The van der Waals surface area contributed by atoms with Gasteiger partial charge in [0.1, 0.15) is 0 Å². The van der Waals surface area contributed by atoms with Gasteiger partial charge in [0.2, 0.25) is 0 Å². The van der Waals surface area contributed by atoms with Crippen LogP contribution in [0.3, 0.4) is 0 Å². The third-order valence-electron chi connectivity index (χ3n) is 4.16. The fraction of sp³-hybridized carbons (Fsp3) is 0.0526. The largest absolute Gasteiger partial charge is 0.327 e. The van der Waals surface area contributed by atoms with Gasteiger partial charge in [-0.2, -0.15) is 0 Å². The molecular weight excluding hydrogens is 480 g/mol. The maximum absolute atomic E-state index is 12.6. The first-order valence-corrected chi connectivity index (χ1v) is 12.6. The zero-order chi connectivity index (χ0) is 22.2. The summed E-state index contributed by atoms with van der Waals surface area (Å²) < 4.78 is 24.0. The van der Waals surface area contributed by atoms with Gasteiger partial charge in [0.25, 0.3) is 5.91 Å². The molecule has 0 spiro atoms. The highest BCUT2D eigenvalue weighted by Crippen LogP contribution is 2.29. The summed E-state index contributed by atoms with van der Waals surface area (Å²) in [5, 5.41) is 5.13. The molecule has 4 aromatic rings. The Morgan fingerprint density at radius 2 is 1.94 bits per heavy atom. The molecule has 3 amide bonds. The van der Waals surface area contributed by atoms with E-state index in [9.17, 15) is 18.0 Å². The summed E-state index contributed by atoms with van der Waals surface area (Å²) in [6.45, 7) is 0. The minimum Gasteiger partial charge on any atom is -0.283 e. The number of nitrogens with zero attached hydrogens (tertiary/aromatic N) is 2. The SMILES string of the molecule is CS(=O)(=O)c1ccc2nc(NC(=O)NC(=O)c3cc(-c4cncs4)ccc3Cl)sc2c1. The van der Waals surface area contributed by atoms with Gasteiger partial charge in [-0.3, -0.25) is 20.4 Å². The lowest BCUT2D eigenvalue weighted by atomic mass is 10.1. The number of rotatable bonds is 4. The van der Waals surface area contributed by atoms with E-state index in [4.69, 9.17) is 11.6 Å². The lowest BCUT2D eigenvalue weighted by molar-refractivity contribution is 0.0967. The fourth-order valence-corrected chi connectivity index (χ4v) is 5.14. The van der Waals surface area contributed by atoms with Crippen molar-refractivity contribution in [2.45, 2.75) is 4.90 Å². The highest BCUT2D eigenvalue weighted by Gasteiger charge is 2.17. The van der Waals surface area contributed by atoms with Crippen LogP contribution in [0.5, 0.6) is 0 Å². The molecule has 0 aliphatic heterocycles. The second-order valence-corrected chi connectivity index (χ2v) is 10.7. The van der Waals surface area contributed by atoms with Gasteiger partial charge in [-0.15, -0.1) is 11.3 Å². The highest BCUT2D eigenvalue weighted by molar-refractivity contribution is 7.90. The molecule has 0 aliphatic rings. The van der Waals surface area contributed by atoms with Crippen LogP contribution in [0.1, 0.15) is 10.4 Å². The van der Waals surface area contributed by atoms with Crippen molar-refractivity contribution in [2.75, 3.05) is 11.6 Å². The fourth-order valence-electron chi connectivity index (χ4n) is 2.70. The summed E-state index contributed by atoms with van der Waals surface area (Å²) in [7, 11) is -3.36. The molecule has 12 heteroatoms. The third-order valence-corrected chi connectivity index (χ3v) is 7.36. The first-order chi connectivity index (χ1) is 14.7. The maximum atomic E-state index is 12.6. The highest BCUT2D eigenvalue weighted by atomic mass is 35.5. The Balaban J connectivity index is 1.50. The maximum Gasteiger partial charge on any atom is 0.327 e. The number of carbonyl (C=O) groups excluding carboxylic acids is 2. The lowest BCUT2D eigenvalue weighted by Crippen LogP contribution is -2.34. The average molecular weight is 493 g/mol. The standard InChI is InChI=1S/C19H13ClN4O4S3/c1-31(27,28)11-3-5-14-15(7-11)30-19(22-14)24-18(26)23-17(25)12-6-10(2-4-13(12)20)16-8-21-9-29-16/h2-9H,1H3,(H2,22,23,24,25,26). The number of aromatic nitrogens is 2. The molecule has 31 heavy (non-hydrogen) atoms. The number of imide groups is 1. The van der Waals surface area contributed by atoms with Crippen LogP contribution in [0.25, 0.3) is 20.7 Å². The number of hydrogen-bond acceptors (Lipinski definition) is 8. The predicted octanol–water partition coefficient (Wildman–Crippen LogP) is 4.44. The van der Waals surface area contributed by atoms with Crippen LogP contribution in [0.15, 0.2) is 53.0 Å². The molecule has 2 aromatic heterocycles. The number of sulfone groups is 1. The molecule has 0 saturated heterocycles. The van der Waals surface area contributed by atoms with Crippen molar-refractivity contribution in [2.24, 2.45) is 0 Å². The number of fused-ring (bicyclic) bond motifs is 1. The van der Waals surface area contributed by atoms with Gasteiger partial charge in [0, 0.05) is 12.5 Å². The van der Waals surface area contributed by atoms with E-state index in [2.05, 4.69) is 20.6 Å². The van der Waals surface area contributed by atoms with Crippen LogP contribution in [0.4, 0.5) is 9.93 Å². The molecule has 0 radical (unpaired) electrons. The van der Waals surface area contributed by atoms with E-state index in [1.165, 1.54) is 23.5 Å². The van der Waals surface area contributed by atoms with E-state index >= 15 is 0 Å². The summed E-state index contributed by atoms with van der Waals surface area (Å²) in [5.74, 6) is -0.672. The van der Waals surface area contributed by atoms with Crippen LogP contribution in [0, 0.1) is 0 Å². The summed E-state index contributed by atoms with van der Waals surface area (Å²) >= 11 is 8.64. The molecule has 0 saturated carbocycles. The van der Waals surface area contributed by atoms with E-state index in [-0.39, 0.29) is 20.6 Å². The molecule has 0 aliphatic carbocycles. The zero-order valence-corrected chi connectivity index (χ0v) is 19.0. The van der Waals surface area contributed by atoms with Crippen molar-refractivity contribution in [3.05, 3.63) is 58.7 Å². The smallest absolute Gasteiger partial charge is 0.283 e. The number of urea groups is 1. The van der Waals surface area contributed by atoms with Gasteiger partial charge >= 0.3 is 6.03 Å². The first-order valence-electron chi connectivity index (χ1n) is 8.62. The second-order valence-electron chi connectivity index (χ2n) is 6.39. The molecule has 0 unspecified atom stereocenters. The Bertz CT molecular complexity index is 1420. The van der Waals surface area contributed by atoms with E-state index in [0.717, 1.165) is 28.0 Å². The predicted molar refractivity (Wildman–Crippen MR) is 122 cm³/mol. The minimum atomic E-state index is -3.36. The summed E-state index contributed by atoms with van der Waals surface area (Å²) in [5.41, 5.74) is 3.10. The third kappa shape index (κ3) is 4.74. The Hall–Kier alpha value is -2.86. The van der Waals surface area contributed by atoms with Gasteiger partial charge < -0.3 is 0 Å². The normalized spacial score (nSPS) is 11.4. The van der Waals surface area contributed by atoms with Crippen LogP contribution in [-0.2, 0) is 9.84 Å². The molecule has 2 heterocycles. The van der Waals surface area contributed by atoms with Crippen LogP contribution >= 0.6 is 34.3 Å². The van der Waals surface area contributed by atoms with Gasteiger partial charge in [0.05, 0.1) is 36.1 Å². The van der Waals surface area contributed by atoms with Gasteiger partial charge in [-0.1, -0.05) is 29.0 Å². The molecular formula is C19H13ClN4O4S3. The summed E-state index contributed by atoms with van der Waals surface area (Å²) in [6, 6.07) is 8.63. The number of amides is 3. The molecule has 0 atom stereocenters. The molecule has 0 bridgehead atoms. The average Bonchev–Trinajstić information content (AvgIpc) is 3.36. The number of carbonyl (C=O) groups is 2. The molecule has 0 fully saturated rings. The number of anilines is 1. The summed E-state index contributed by atoms with van der Waals surface area (Å²) in [4.78, 5) is 34.1. The van der Waals surface area contributed by atoms with Crippen LogP contribution in [0.2, 0.25) is 5.02 Å². The number of nitrogens with one attached hydrogen (secondary N) is 2. The Morgan fingerprint density at radius 3 is 2.65 bits per heavy atom. The van der Waals surface area contributed by atoms with Crippen LogP contribution < -0.4 is 10.6 Å². The van der Waals surface area contributed by atoms with Crippen molar-refractivity contribution >= 4 is 71.4 Å². The molecule has 158 valence electrons. The Morgan fingerprint density at radius 1 is 1.13 bits per heavy atom. The quantitative estimate of drug-likeness (QED) is 0.435. The van der Waals surface area contributed by atoms with E-state index in [1.54, 1.807) is 36.0 Å². The van der Waals surface area contributed by atoms with Gasteiger partial charge in [-0.05, 0) is 35.9 Å². The lowest BCUT2D eigenvalue weighted by Gasteiger charge is -2.07. The Kier molecular flexibility index (Phi) is 5.75. The molecule has 2 N–H and O–H groups in total. The van der Waals surface area contributed by atoms with Crippen molar-refractivity contribution in [1.29, 1.82) is 0 Å². The second kappa shape index (κ2) is 8.35. The monoisotopic (exact) mass is 492 g/mol. The van der Waals surface area contributed by atoms with Crippen molar-refractivity contribution < 1.29 is 18.0 Å². The zero-order valence-electron chi connectivity index (χ0n) is 15.7. The number of halogens is 1. The van der Waals surface area contributed by atoms with Crippen molar-refractivity contribution in [3.8, 4) is 10.4 Å². The molecule has 8 nitrogen and oxygen atoms in total. The van der Waals surface area contributed by atoms with Crippen LogP contribution in [-0.4, -0.2) is 36.6 Å². The van der Waals surface area contributed by atoms with E-state index in [0.29, 0.717) is 10.2 Å². The van der Waals surface area contributed by atoms with E-state index < -0.39 is 21.8 Å². The molecule has 4 rings (SSSR count). The van der Waals surface area contributed by atoms with Crippen molar-refractivity contribution in [3.63, 3.8) is 0 Å². The van der Waals surface area contributed by atoms with Crippen molar-refractivity contribution in [1.82, 2.24) is 15.3 Å². The number of hydrogen-bond donors (Lipinski definition) is 2. The van der Waals surface area contributed by atoms with Gasteiger partial charge in [-0.25, -0.2) is 18.2 Å². The van der Waals surface area contributed by atoms with E-state index in [1.807, 2.05) is 0 Å². The number of benzene rings is 2. The topological polar surface area (TPSA) is 118 Å². The van der Waals surface area contributed by atoms with Gasteiger partial charge in [0.15, 0.2) is 15.0 Å². The first kappa shape index (κ1) is 21.4. The summed E-state index contributed by atoms with van der Waals surface area (Å²) in [6.07, 6.45) is 2.78. The number of thiazole rings is 2. The Labute approximate surface area is 189 Å². The molecule has 2 aromatic carbocycles.